The van der Waals surface area contributed by atoms with Gasteiger partial charge in [0.05, 0.1) is 6.10 Å². The molecule has 0 spiro atoms. The van der Waals surface area contributed by atoms with E-state index in [2.05, 4.69) is 25.8 Å². The van der Waals surface area contributed by atoms with E-state index in [0.717, 1.165) is 25.9 Å². The highest BCUT2D eigenvalue weighted by atomic mass is 35.5. The van der Waals surface area contributed by atoms with Crippen molar-refractivity contribution in [3.05, 3.63) is 0 Å². The molecule has 5 nitrogen and oxygen atoms in total. The van der Waals surface area contributed by atoms with Gasteiger partial charge >= 0.3 is 0 Å². The second-order valence-electron chi connectivity index (χ2n) is 7.29. The summed E-state index contributed by atoms with van der Waals surface area (Å²) in [5, 5.41) is 0. The standard InChI is InChI=1S/C16H31N3O2.ClH/c1-6-21-13-11-16(17,15(13,2)3)14(20)19(5)12-7-9-18(4)10-8-12;/h12-13H,6-11,17H2,1-5H3;1H. The molecule has 1 amide bonds. The van der Waals surface area contributed by atoms with Gasteiger partial charge in [-0.2, -0.15) is 0 Å². The molecular formula is C16H32ClN3O2. The third-order valence-electron chi connectivity index (χ3n) is 5.77. The van der Waals surface area contributed by atoms with Crippen LogP contribution in [0, 0.1) is 5.41 Å². The van der Waals surface area contributed by atoms with E-state index in [9.17, 15) is 4.79 Å². The second kappa shape index (κ2) is 7.04. The number of likely N-dealkylation sites (tertiary alicyclic amines) is 1. The molecule has 0 bridgehead atoms. The molecule has 0 aromatic rings. The molecule has 130 valence electrons. The molecule has 0 aromatic carbocycles. The number of carbonyl (C=O) groups is 1. The van der Waals surface area contributed by atoms with Gasteiger partial charge in [0, 0.05) is 31.5 Å². The molecule has 2 atom stereocenters. The largest absolute Gasteiger partial charge is 0.378 e. The van der Waals surface area contributed by atoms with Crippen molar-refractivity contribution in [1.82, 2.24) is 9.80 Å². The zero-order chi connectivity index (χ0) is 15.8. The van der Waals surface area contributed by atoms with Crippen LogP contribution in [0.3, 0.4) is 0 Å². The smallest absolute Gasteiger partial charge is 0.243 e. The Morgan fingerprint density at radius 1 is 1.36 bits per heavy atom. The van der Waals surface area contributed by atoms with Crippen LogP contribution in [0.5, 0.6) is 0 Å². The van der Waals surface area contributed by atoms with Gasteiger partial charge in [-0.1, -0.05) is 13.8 Å². The zero-order valence-corrected chi connectivity index (χ0v) is 15.4. The van der Waals surface area contributed by atoms with Gasteiger partial charge in [0.25, 0.3) is 0 Å². The Hall–Kier alpha value is -0.360. The van der Waals surface area contributed by atoms with Crippen LogP contribution in [0.15, 0.2) is 0 Å². The van der Waals surface area contributed by atoms with Gasteiger partial charge in [0.1, 0.15) is 5.54 Å². The van der Waals surface area contributed by atoms with E-state index in [4.69, 9.17) is 10.5 Å². The number of rotatable bonds is 4. The quantitative estimate of drug-likeness (QED) is 0.847. The Morgan fingerprint density at radius 3 is 2.36 bits per heavy atom. The van der Waals surface area contributed by atoms with Crippen LogP contribution >= 0.6 is 12.4 Å². The van der Waals surface area contributed by atoms with Crippen molar-refractivity contribution in [2.24, 2.45) is 11.1 Å². The molecule has 2 rings (SSSR count). The highest BCUT2D eigenvalue weighted by Crippen LogP contribution is 2.50. The van der Waals surface area contributed by atoms with E-state index < -0.39 is 5.54 Å². The van der Waals surface area contributed by atoms with E-state index in [-0.39, 0.29) is 29.8 Å². The molecule has 1 aliphatic heterocycles. The monoisotopic (exact) mass is 333 g/mol. The van der Waals surface area contributed by atoms with E-state index in [0.29, 0.717) is 19.1 Å². The number of hydrogen-bond acceptors (Lipinski definition) is 4. The van der Waals surface area contributed by atoms with Gasteiger partial charge < -0.3 is 20.3 Å². The lowest BCUT2D eigenvalue weighted by molar-refractivity contribution is -0.180. The molecule has 2 N–H and O–H groups in total. The highest BCUT2D eigenvalue weighted by Gasteiger charge is 2.63. The summed E-state index contributed by atoms with van der Waals surface area (Å²) in [6.45, 7) is 8.85. The lowest BCUT2D eigenvalue weighted by Gasteiger charge is -2.59. The number of piperidine rings is 1. The summed E-state index contributed by atoms with van der Waals surface area (Å²) in [6.07, 6.45) is 2.78. The molecule has 1 saturated carbocycles. The van der Waals surface area contributed by atoms with Crippen molar-refractivity contribution in [2.75, 3.05) is 33.8 Å². The predicted molar refractivity (Wildman–Crippen MR) is 91.3 cm³/mol. The molecule has 0 radical (unpaired) electrons. The maximum atomic E-state index is 12.9. The van der Waals surface area contributed by atoms with Crippen LogP contribution in [-0.2, 0) is 9.53 Å². The summed E-state index contributed by atoms with van der Waals surface area (Å²) in [5.41, 5.74) is 5.41. The number of nitrogens with zero attached hydrogens (tertiary/aromatic N) is 2. The van der Waals surface area contributed by atoms with Crippen LogP contribution in [-0.4, -0.2) is 67.2 Å². The van der Waals surface area contributed by atoms with Crippen molar-refractivity contribution in [3.8, 4) is 0 Å². The number of likely N-dealkylation sites (N-methyl/N-ethyl adjacent to an activating group) is 1. The lowest BCUT2D eigenvalue weighted by atomic mass is 9.54. The summed E-state index contributed by atoms with van der Waals surface area (Å²) in [5.74, 6) is 0.0815. The van der Waals surface area contributed by atoms with Gasteiger partial charge in [0.15, 0.2) is 0 Å². The van der Waals surface area contributed by atoms with Crippen molar-refractivity contribution in [2.45, 2.75) is 57.7 Å². The van der Waals surface area contributed by atoms with Crippen molar-refractivity contribution in [3.63, 3.8) is 0 Å². The minimum atomic E-state index is -0.787. The second-order valence-corrected chi connectivity index (χ2v) is 7.29. The first-order valence-corrected chi connectivity index (χ1v) is 8.10. The zero-order valence-electron chi connectivity index (χ0n) is 14.6. The molecule has 1 heterocycles. The highest BCUT2D eigenvalue weighted by molar-refractivity contribution is 5.89. The fourth-order valence-corrected chi connectivity index (χ4v) is 3.66. The van der Waals surface area contributed by atoms with E-state index in [1.807, 2.05) is 18.9 Å². The Kier molecular flexibility index (Phi) is 6.30. The van der Waals surface area contributed by atoms with Crippen LogP contribution in [0.4, 0.5) is 0 Å². The Morgan fingerprint density at radius 2 is 1.91 bits per heavy atom. The fraction of sp³-hybridized carbons (Fsp3) is 0.938. The minimum Gasteiger partial charge on any atom is -0.378 e. The first-order chi connectivity index (χ1) is 9.74. The van der Waals surface area contributed by atoms with Gasteiger partial charge in [-0.05, 0) is 39.9 Å². The molecule has 1 saturated heterocycles. The van der Waals surface area contributed by atoms with Gasteiger partial charge in [0.2, 0.25) is 5.91 Å². The molecule has 2 fully saturated rings. The van der Waals surface area contributed by atoms with E-state index in [1.54, 1.807) is 0 Å². The minimum absolute atomic E-state index is 0. The SMILES string of the molecule is CCOC1CC(N)(C(=O)N(C)C2CCN(C)CC2)C1(C)C.Cl. The first-order valence-electron chi connectivity index (χ1n) is 8.10. The Bertz CT molecular complexity index is 397. The number of amides is 1. The van der Waals surface area contributed by atoms with Gasteiger partial charge in [-0.3, -0.25) is 4.79 Å². The topological polar surface area (TPSA) is 58.8 Å². The molecule has 2 aliphatic rings. The van der Waals surface area contributed by atoms with E-state index >= 15 is 0 Å². The number of ether oxygens (including phenoxy) is 1. The molecule has 2 unspecified atom stereocenters. The maximum absolute atomic E-state index is 12.9. The number of halogens is 1. The van der Waals surface area contributed by atoms with Gasteiger partial charge in [-0.25, -0.2) is 0 Å². The third-order valence-corrected chi connectivity index (χ3v) is 5.77. The average molecular weight is 334 g/mol. The summed E-state index contributed by atoms with van der Waals surface area (Å²) >= 11 is 0. The fourth-order valence-electron chi connectivity index (χ4n) is 3.66. The lowest BCUT2D eigenvalue weighted by Crippen LogP contribution is -2.76. The van der Waals surface area contributed by atoms with Crippen molar-refractivity contribution >= 4 is 18.3 Å². The van der Waals surface area contributed by atoms with Crippen LogP contribution in [0.2, 0.25) is 0 Å². The first kappa shape index (κ1) is 19.7. The Balaban J connectivity index is 0.00000242. The molecule has 1 aliphatic carbocycles. The summed E-state index contributed by atoms with van der Waals surface area (Å²) in [4.78, 5) is 17.1. The van der Waals surface area contributed by atoms with Crippen molar-refractivity contribution in [1.29, 1.82) is 0 Å². The molecule has 22 heavy (non-hydrogen) atoms. The molecule has 0 aromatic heterocycles. The number of hydrogen-bond donors (Lipinski definition) is 1. The predicted octanol–water partition coefficient (Wildman–Crippen LogP) is 1.49. The Labute approximate surface area is 140 Å². The normalized spacial score (nSPS) is 32.0. The van der Waals surface area contributed by atoms with Crippen LogP contribution in [0.1, 0.15) is 40.0 Å². The summed E-state index contributed by atoms with van der Waals surface area (Å²) < 4.78 is 5.72. The third kappa shape index (κ3) is 3.14. The van der Waals surface area contributed by atoms with Crippen LogP contribution < -0.4 is 5.73 Å². The number of nitrogens with two attached hydrogens (primary N) is 1. The summed E-state index contributed by atoms with van der Waals surface area (Å²) in [6, 6.07) is 0.316. The van der Waals surface area contributed by atoms with Crippen molar-refractivity contribution < 1.29 is 9.53 Å². The van der Waals surface area contributed by atoms with E-state index in [1.165, 1.54) is 0 Å². The molecular weight excluding hydrogens is 302 g/mol. The summed E-state index contributed by atoms with van der Waals surface area (Å²) in [7, 11) is 4.04. The van der Waals surface area contributed by atoms with Gasteiger partial charge in [-0.15, -0.1) is 12.4 Å². The maximum Gasteiger partial charge on any atom is 0.243 e. The average Bonchev–Trinajstić information content (AvgIpc) is 2.46. The number of carbonyl (C=O) groups excluding carboxylic acids is 1. The van der Waals surface area contributed by atoms with Crippen LogP contribution in [0.25, 0.3) is 0 Å². The molecule has 6 heteroatoms.